The van der Waals surface area contributed by atoms with Crippen molar-refractivity contribution in [2.45, 2.75) is 11.8 Å². The number of aryl methyl sites for hydroxylation is 1. The Labute approximate surface area is 189 Å². The molecule has 9 nitrogen and oxygen atoms in total. The molecule has 0 radical (unpaired) electrons. The summed E-state index contributed by atoms with van der Waals surface area (Å²) in [5.74, 6) is -1.03. The van der Waals surface area contributed by atoms with Gasteiger partial charge in [-0.2, -0.15) is 0 Å². The Hall–Kier alpha value is -4.31. The number of carbonyl (C=O) groups is 1. The molecule has 0 aliphatic heterocycles. The number of nitrogens with zero attached hydrogens (tertiary/aromatic N) is 3. The summed E-state index contributed by atoms with van der Waals surface area (Å²) in [6.45, 7) is 1.87. The summed E-state index contributed by atoms with van der Waals surface area (Å²) in [5.41, 5.74) is 1.09. The number of hydrogen-bond acceptors (Lipinski definition) is 7. The summed E-state index contributed by atoms with van der Waals surface area (Å²) in [7, 11) is -4.13. The van der Waals surface area contributed by atoms with Crippen LogP contribution >= 0.6 is 0 Å². The van der Waals surface area contributed by atoms with Crippen LogP contribution in [0, 0.1) is 6.92 Å². The highest BCUT2D eigenvalue weighted by molar-refractivity contribution is 7.93. The zero-order valence-electron chi connectivity index (χ0n) is 17.3. The zero-order chi connectivity index (χ0) is 23.6. The number of rotatable bonds is 6. The third-order valence-electron chi connectivity index (χ3n) is 4.79. The molecule has 3 N–H and O–H groups in total. The van der Waals surface area contributed by atoms with E-state index in [4.69, 9.17) is 5.11 Å². The summed E-state index contributed by atoms with van der Waals surface area (Å²) in [6.07, 6.45) is 1.57. The van der Waals surface area contributed by atoms with Crippen molar-refractivity contribution < 1.29 is 23.4 Å². The number of anilines is 1. The van der Waals surface area contributed by atoms with Gasteiger partial charge in [-0.05, 0) is 55.0 Å². The van der Waals surface area contributed by atoms with E-state index in [9.17, 15) is 18.3 Å². The maximum Gasteiger partial charge on any atom is 0.335 e. The lowest BCUT2D eigenvalue weighted by Crippen LogP contribution is -2.13. The summed E-state index contributed by atoms with van der Waals surface area (Å²) >= 11 is 0. The molecule has 0 unspecified atom stereocenters. The fraction of sp³-hybridized carbons (Fsp3) is 0.0435. The smallest absolute Gasteiger partial charge is 0.335 e. The number of benzene rings is 3. The van der Waals surface area contributed by atoms with E-state index in [1.54, 1.807) is 42.6 Å². The summed E-state index contributed by atoms with van der Waals surface area (Å²) in [5, 5.41) is 28.4. The number of aromatic hydroxyl groups is 1. The van der Waals surface area contributed by atoms with E-state index in [-0.39, 0.29) is 38.4 Å². The van der Waals surface area contributed by atoms with Crippen molar-refractivity contribution in [3.63, 3.8) is 0 Å². The largest absolute Gasteiger partial charge is 0.505 e. The monoisotopic (exact) mass is 462 g/mol. The second-order valence-electron chi connectivity index (χ2n) is 7.17. The van der Waals surface area contributed by atoms with Crippen LogP contribution in [0.5, 0.6) is 5.75 Å². The van der Waals surface area contributed by atoms with Crippen LogP contribution in [0.1, 0.15) is 15.9 Å². The first-order valence-electron chi connectivity index (χ1n) is 9.70. The van der Waals surface area contributed by atoms with Crippen molar-refractivity contribution >= 4 is 44.0 Å². The highest BCUT2D eigenvalue weighted by atomic mass is 32.2. The number of aromatic nitrogens is 1. The van der Waals surface area contributed by atoms with Gasteiger partial charge in [-0.3, -0.25) is 4.72 Å². The molecule has 3 aromatic carbocycles. The molecule has 0 aliphatic carbocycles. The van der Waals surface area contributed by atoms with Gasteiger partial charge in [0.05, 0.1) is 10.5 Å². The number of fused-ring (bicyclic) bond motifs is 1. The van der Waals surface area contributed by atoms with Gasteiger partial charge in [0.25, 0.3) is 10.0 Å². The topological polar surface area (TPSA) is 141 Å². The number of azo groups is 1. The zero-order valence-corrected chi connectivity index (χ0v) is 18.1. The van der Waals surface area contributed by atoms with Crippen molar-refractivity contribution in [3.8, 4) is 5.75 Å². The molecule has 33 heavy (non-hydrogen) atoms. The summed E-state index contributed by atoms with van der Waals surface area (Å²) in [4.78, 5) is 15.0. The lowest BCUT2D eigenvalue weighted by atomic mass is 10.1. The van der Waals surface area contributed by atoms with Gasteiger partial charge in [-0.1, -0.05) is 24.3 Å². The average molecular weight is 462 g/mol. The van der Waals surface area contributed by atoms with Crippen molar-refractivity contribution in [2.24, 2.45) is 10.2 Å². The molecule has 0 bridgehead atoms. The summed E-state index contributed by atoms with van der Waals surface area (Å²) < 4.78 is 28.9. The first-order valence-corrected chi connectivity index (χ1v) is 11.2. The molecule has 0 fully saturated rings. The van der Waals surface area contributed by atoms with Crippen LogP contribution in [-0.4, -0.2) is 29.6 Å². The van der Waals surface area contributed by atoms with Crippen LogP contribution in [-0.2, 0) is 10.0 Å². The van der Waals surface area contributed by atoms with Gasteiger partial charge in [0, 0.05) is 22.7 Å². The Morgan fingerprint density at radius 2 is 1.67 bits per heavy atom. The number of carboxylic acid groups (broad SMARTS) is 1. The van der Waals surface area contributed by atoms with Crippen molar-refractivity contribution in [1.29, 1.82) is 0 Å². The SMILES string of the molecule is Cc1ccnc(N=Nc2cc(S(=O)(=O)Nc3ccc(C(=O)O)cc3)c3ccccc3c2O)c1. The quantitative estimate of drug-likeness (QED) is 0.338. The van der Waals surface area contributed by atoms with Crippen LogP contribution in [0.3, 0.4) is 0 Å². The van der Waals surface area contributed by atoms with E-state index in [1.165, 1.54) is 30.3 Å². The Balaban J connectivity index is 1.79. The minimum atomic E-state index is -4.13. The third kappa shape index (κ3) is 4.65. The van der Waals surface area contributed by atoms with Crippen LogP contribution in [0.25, 0.3) is 10.8 Å². The second kappa shape index (κ2) is 8.67. The van der Waals surface area contributed by atoms with Gasteiger partial charge in [0.1, 0.15) is 5.69 Å². The van der Waals surface area contributed by atoms with Gasteiger partial charge >= 0.3 is 5.97 Å². The van der Waals surface area contributed by atoms with Gasteiger partial charge in [0.2, 0.25) is 0 Å². The van der Waals surface area contributed by atoms with E-state index < -0.39 is 16.0 Å². The van der Waals surface area contributed by atoms with Crippen LogP contribution in [0.4, 0.5) is 17.2 Å². The molecule has 10 heteroatoms. The number of phenolic OH excluding ortho intramolecular Hbond substituents is 1. The van der Waals surface area contributed by atoms with Crippen LogP contribution in [0.15, 0.2) is 88.1 Å². The summed E-state index contributed by atoms with van der Waals surface area (Å²) in [6, 6.07) is 16.5. The molecule has 1 aromatic heterocycles. The molecular formula is C23H18N4O5S. The molecule has 0 aliphatic rings. The number of carboxylic acids is 1. The Morgan fingerprint density at radius 1 is 0.970 bits per heavy atom. The molecule has 166 valence electrons. The standard InChI is InChI=1S/C23H18N4O5S/c1-14-10-11-24-21(12-14)26-25-19-13-20(17-4-2-3-5-18(17)22(19)28)33(31,32)27-16-8-6-15(7-9-16)23(29)30/h2-13,27-28H,1H3,(H,29,30). The number of hydrogen-bond donors (Lipinski definition) is 3. The molecule has 4 aromatic rings. The molecule has 0 saturated heterocycles. The normalized spacial score (nSPS) is 11.7. The number of phenols is 1. The number of pyridine rings is 1. The number of sulfonamides is 1. The lowest BCUT2D eigenvalue weighted by molar-refractivity contribution is 0.0697. The molecule has 0 saturated carbocycles. The molecule has 4 rings (SSSR count). The first kappa shape index (κ1) is 21.9. The minimum Gasteiger partial charge on any atom is -0.505 e. The Morgan fingerprint density at radius 3 is 2.33 bits per heavy atom. The van der Waals surface area contributed by atoms with E-state index in [1.807, 2.05) is 6.92 Å². The van der Waals surface area contributed by atoms with Crippen molar-refractivity contribution in [2.75, 3.05) is 4.72 Å². The highest BCUT2D eigenvalue weighted by Gasteiger charge is 2.22. The first-order chi connectivity index (χ1) is 15.7. The Kier molecular flexibility index (Phi) is 5.76. The van der Waals surface area contributed by atoms with Crippen molar-refractivity contribution in [3.05, 3.63) is 84.1 Å². The fourth-order valence-corrected chi connectivity index (χ4v) is 4.47. The lowest BCUT2D eigenvalue weighted by Gasteiger charge is -2.13. The number of aromatic carboxylic acids is 1. The van der Waals surface area contributed by atoms with Crippen LogP contribution in [0.2, 0.25) is 0 Å². The van der Waals surface area contributed by atoms with Crippen LogP contribution < -0.4 is 4.72 Å². The van der Waals surface area contributed by atoms with Gasteiger partial charge in [-0.15, -0.1) is 10.2 Å². The van der Waals surface area contributed by atoms with Gasteiger partial charge in [0.15, 0.2) is 11.6 Å². The fourth-order valence-electron chi connectivity index (χ4n) is 3.18. The maximum atomic E-state index is 13.2. The second-order valence-corrected chi connectivity index (χ2v) is 8.82. The minimum absolute atomic E-state index is 0.0282. The molecule has 1 heterocycles. The van der Waals surface area contributed by atoms with E-state index in [0.717, 1.165) is 5.56 Å². The van der Waals surface area contributed by atoms with E-state index in [0.29, 0.717) is 5.82 Å². The average Bonchev–Trinajstić information content (AvgIpc) is 2.79. The van der Waals surface area contributed by atoms with E-state index in [2.05, 4.69) is 19.9 Å². The van der Waals surface area contributed by atoms with Crippen molar-refractivity contribution in [1.82, 2.24) is 4.98 Å². The van der Waals surface area contributed by atoms with Gasteiger partial charge in [-0.25, -0.2) is 18.2 Å². The molecule has 0 amide bonds. The predicted octanol–water partition coefficient (Wildman–Crippen LogP) is 5.16. The molecular weight excluding hydrogens is 444 g/mol. The van der Waals surface area contributed by atoms with E-state index >= 15 is 0 Å². The molecule has 0 spiro atoms. The van der Waals surface area contributed by atoms with Gasteiger partial charge < -0.3 is 10.2 Å². The predicted molar refractivity (Wildman–Crippen MR) is 123 cm³/mol. The molecule has 0 atom stereocenters. The maximum absolute atomic E-state index is 13.2. The Bertz CT molecular complexity index is 1500. The third-order valence-corrected chi connectivity index (χ3v) is 6.21. The number of nitrogens with one attached hydrogen (secondary N) is 1. The highest BCUT2D eigenvalue weighted by Crippen LogP contribution is 2.40.